The van der Waals surface area contributed by atoms with E-state index in [0.717, 1.165) is 6.07 Å². The Bertz CT molecular complexity index is 1270. The molecule has 1 heterocycles. The Morgan fingerprint density at radius 1 is 1.15 bits per heavy atom. The number of nitrogens with zero attached hydrogens (tertiary/aromatic N) is 2. The van der Waals surface area contributed by atoms with Crippen LogP contribution in [0.1, 0.15) is 51.1 Å². The summed E-state index contributed by atoms with van der Waals surface area (Å²) in [5.41, 5.74) is 7.80. The number of aryl methyl sites for hydroxylation is 1. The average molecular weight is 466 g/mol. The molecule has 0 saturated carbocycles. The molecule has 2 aromatic carbocycles. The first-order valence-electron chi connectivity index (χ1n) is 10.1. The molecule has 7 nitrogen and oxygen atoms in total. The highest BCUT2D eigenvalue weighted by atomic mass is 35.5. The molecular formula is C24H21ClFN5O2. The molecule has 0 aliphatic heterocycles. The van der Waals surface area contributed by atoms with Crippen LogP contribution in [0.2, 0.25) is 5.02 Å². The molecule has 0 saturated heterocycles. The lowest BCUT2D eigenvalue weighted by atomic mass is 9.96. The van der Waals surface area contributed by atoms with Crippen molar-refractivity contribution in [1.29, 1.82) is 5.26 Å². The molecule has 0 radical (unpaired) electrons. The van der Waals surface area contributed by atoms with Crippen molar-refractivity contribution in [3.63, 3.8) is 0 Å². The van der Waals surface area contributed by atoms with E-state index in [1.807, 2.05) is 6.92 Å². The van der Waals surface area contributed by atoms with Crippen LogP contribution in [-0.2, 0) is 0 Å². The number of aromatic nitrogens is 1. The van der Waals surface area contributed by atoms with E-state index in [1.54, 1.807) is 19.1 Å². The zero-order valence-corrected chi connectivity index (χ0v) is 18.7. The van der Waals surface area contributed by atoms with Gasteiger partial charge in [-0.3, -0.25) is 9.59 Å². The molecule has 2 amide bonds. The minimum atomic E-state index is -0.605. The van der Waals surface area contributed by atoms with Crippen molar-refractivity contribution in [3.05, 3.63) is 81.8 Å². The summed E-state index contributed by atoms with van der Waals surface area (Å²) >= 11 is 5.94. The van der Waals surface area contributed by atoms with Gasteiger partial charge in [-0.1, -0.05) is 24.6 Å². The molecule has 3 aromatic rings. The number of rotatable bonds is 6. The summed E-state index contributed by atoms with van der Waals surface area (Å²) < 4.78 is 14.1. The number of carbonyl (C=O) groups is 2. The summed E-state index contributed by atoms with van der Waals surface area (Å²) in [6.45, 7) is 3.56. The van der Waals surface area contributed by atoms with Gasteiger partial charge in [0.1, 0.15) is 11.6 Å². The lowest BCUT2D eigenvalue weighted by Crippen LogP contribution is -2.16. The Morgan fingerprint density at radius 3 is 2.55 bits per heavy atom. The lowest BCUT2D eigenvalue weighted by Gasteiger charge is -2.12. The van der Waals surface area contributed by atoms with E-state index >= 15 is 0 Å². The molecule has 1 aromatic heterocycles. The van der Waals surface area contributed by atoms with Crippen molar-refractivity contribution in [1.82, 2.24) is 4.98 Å². The third-order valence-electron chi connectivity index (χ3n) is 5.02. The largest absolute Gasteiger partial charge is 0.382 e. The van der Waals surface area contributed by atoms with Crippen molar-refractivity contribution in [2.24, 2.45) is 0 Å². The Kier molecular flexibility index (Phi) is 7.26. The zero-order chi connectivity index (χ0) is 24.1. The van der Waals surface area contributed by atoms with Crippen LogP contribution >= 0.6 is 11.6 Å². The standard InChI is InChI=1S/C24H21ClFN5O2/c1-3-14(11-27)15-6-16(8-17(26)7-15)23(32)30-18-5-4-13(2)20(9-18)24(33)31-19-10-21(25)22(28)29-12-19/h4-10,12,14H,3H2,1-2H3,(H2,28,29)(H,30,32)(H,31,33). The second-order valence-electron chi connectivity index (χ2n) is 7.39. The van der Waals surface area contributed by atoms with Crippen LogP contribution in [0.25, 0.3) is 0 Å². The maximum absolute atomic E-state index is 14.1. The fourth-order valence-corrected chi connectivity index (χ4v) is 3.38. The van der Waals surface area contributed by atoms with Gasteiger partial charge in [0.05, 0.1) is 28.9 Å². The summed E-state index contributed by atoms with van der Waals surface area (Å²) in [7, 11) is 0. The average Bonchev–Trinajstić information content (AvgIpc) is 2.78. The monoisotopic (exact) mass is 465 g/mol. The van der Waals surface area contributed by atoms with Gasteiger partial charge in [-0.05, 0) is 60.9 Å². The predicted octanol–water partition coefficient (Wildman–Crippen LogP) is 5.29. The minimum Gasteiger partial charge on any atom is -0.382 e. The molecule has 33 heavy (non-hydrogen) atoms. The van der Waals surface area contributed by atoms with E-state index in [-0.39, 0.29) is 16.4 Å². The first kappa shape index (κ1) is 23.7. The van der Waals surface area contributed by atoms with Crippen LogP contribution in [0.3, 0.4) is 0 Å². The molecule has 1 atom stereocenters. The van der Waals surface area contributed by atoms with Crippen LogP contribution in [0.4, 0.5) is 21.6 Å². The number of nitrogens with one attached hydrogen (secondary N) is 2. The molecule has 3 rings (SSSR count). The molecule has 1 unspecified atom stereocenters. The number of nitrogen functional groups attached to an aromatic ring is 1. The zero-order valence-electron chi connectivity index (χ0n) is 17.9. The van der Waals surface area contributed by atoms with Crippen molar-refractivity contribution < 1.29 is 14.0 Å². The number of anilines is 3. The highest BCUT2D eigenvalue weighted by Gasteiger charge is 2.16. The van der Waals surface area contributed by atoms with Crippen LogP contribution in [0.15, 0.2) is 48.7 Å². The maximum atomic E-state index is 14.1. The van der Waals surface area contributed by atoms with Crippen molar-refractivity contribution >= 4 is 40.6 Å². The van der Waals surface area contributed by atoms with Crippen molar-refractivity contribution in [2.45, 2.75) is 26.2 Å². The number of nitriles is 1. The Labute approximate surface area is 195 Å². The van der Waals surface area contributed by atoms with Gasteiger partial charge in [-0.2, -0.15) is 5.26 Å². The summed E-state index contributed by atoms with van der Waals surface area (Å²) in [5, 5.41) is 14.8. The van der Waals surface area contributed by atoms with Gasteiger partial charge >= 0.3 is 0 Å². The number of hydrogen-bond acceptors (Lipinski definition) is 5. The third-order valence-corrected chi connectivity index (χ3v) is 5.32. The van der Waals surface area contributed by atoms with E-state index in [0.29, 0.717) is 34.5 Å². The second-order valence-corrected chi connectivity index (χ2v) is 7.80. The normalized spacial score (nSPS) is 11.4. The van der Waals surface area contributed by atoms with Crippen LogP contribution < -0.4 is 16.4 Å². The first-order chi connectivity index (χ1) is 15.7. The summed E-state index contributed by atoms with van der Waals surface area (Å²) in [6.07, 6.45) is 1.87. The number of benzene rings is 2. The smallest absolute Gasteiger partial charge is 0.256 e. The fraction of sp³-hybridized carbons (Fsp3) is 0.167. The third kappa shape index (κ3) is 5.64. The highest BCUT2D eigenvalue weighted by Crippen LogP contribution is 2.24. The molecule has 0 bridgehead atoms. The minimum absolute atomic E-state index is 0.0767. The summed E-state index contributed by atoms with van der Waals surface area (Å²) in [5.74, 6) is -1.97. The van der Waals surface area contributed by atoms with Gasteiger partial charge in [0.25, 0.3) is 11.8 Å². The topological polar surface area (TPSA) is 121 Å². The molecular weight excluding hydrogens is 445 g/mol. The van der Waals surface area contributed by atoms with Crippen molar-refractivity contribution in [3.8, 4) is 6.07 Å². The molecule has 168 valence electrons. The summed E-state index contributed by atoms with van der Waals surface area (Å²) in [4.78, 5) is 29.4. The van der Waals surface area contributed by atoms with E-state index < -0.39 is 23.5 Å². The molecule has 0 aliphatic carbocycles. The van der Waals surface area contributed by atoms with E-state index in [2.05, 4.69) is 21.7 Å². The van der Waals surface area contributed by atoms with Crippen molar-refractivity contribution in [2.75, 3.05) is 16.4 Å². The molecule has 0 aliphatic rings. The molecule has 9 heteroatoms. The van der Waals surface area contributed by atoms with Crippen LogP contribution in [-0.4, -0.2) is 16.8 Å². The number of halogens is 2. The Morgan fingerprint density at radius 2 is 1.88 bits per heavy atom. The van der Waals surface area contributed by atoms with Crippen LogP contribution in [0, 0.1) is 24.1 Å². The molecule has 0 spiro atoms. The quantitative estimate of drug-likeness (QED) is 0.457. The SMILES string of the molecule is CCC(C#N)c1cc(F)cc(C(=O)Nc2ccc(C)c(C(=O)Nc3cnc(N)c(Cl)c3)c2)c1. The Hall–Kier alpha value is -3.96. The number of nitrogens with two attached hydrogens (primary N) is 1. The van der Waals surface area contributed by atoms with Gasteiger partial charge in [0.15, 0.2) is 0 Å². The van der Waals surface area contributed by atoms with Crippen LogP contribution in [0.5, 0.6) is 0 Å². The Balaban J connectivity index is 1.82. The predicted molar refractivity (Wildman–Crippen MR) is 126 cm³/mol. The van der Waals surface area contributed by atoms with Gasteiger partial charge < -0.3 is 16.4 Å². The van der Waals surface area contributed by atoms with E-state index in [4.69, 9.17) is 17.3 Å². The van der Waals surface area contributed by atoms with Gasteiger partial charge in [0.2, 0.25) is 0 Å². The second kappa shape index (κ2) is 10.1. The van der Waals surface area contributed by atoms with Gasteiger partial charge in [0, 0.05) is 16.8 Å². The van der Waals surface area contributed by atoms with E-state index in [1.165, 1.54) is 30.5 Å². The lowest BCUT2D eigenvalue weighted by molar-refractivity contribution is 0.101. The van der Waals surface area contributed by atoms with E-state index in [9.17, 15) is 19.2 Å². The number of hydrogen-bond donors (Lipinski definition) is 3. The maximum Gasteiger partial charge on any atom is 0.256 e. The fourth-order valence-electron chi connectivity index (χ4n) is 3.21. The van der Waals surface area contributed by atoms with Gasteiger partial charge in [-0.15, -0.1) is 0 Å². The first-order valence-corrected chi connectivity index (χ1v) is 10.4. The summed E-state index contributed by atoms with van der Waals surface area (Å²) in [6, 6.07) is 12.3. The number of carbonyl (C=O) groups excluding carboxylic acids is 2. The van der Waals surface area contributed by atoms with Gasteiger partial charge in [-0.25, -0.2) is 9.37 Å². The number of pyridine rings is 1. The highest BCUT2D eigenvalue weighted by molar-refractivity contribution is 6.33. The molecule has 0 fully saturated rings. The number of amides is 2. The molecule has 4 N–H and O–H groups in total.